The van der Waals surface area contributed by atoms with Crippen molar-refractivity contribution in [2.45, 2.75) is 39.0 Å². The van der Waals surface area contributed by atoms with Crippen molar-refractivity contribution < 1.29 is 22.7 Å². The van der Waals surface area contributed by atoms with Crippen LogP contribution in [0.25, 0.3) is 0 Å². The van der Waals surface area contributed by atoms with Crippen molar-refractivity contribution in [2.75, 3.05) is 12.3 Å². The summed E-state index contributed by atoms with van der Waals surface area (Å²) in [7, 11) is 0. The number of rotatable bonds is 6. The van der Waals surface area contributed by atoms with E-state index < -0.39 is 29.5 Å². The van der Waals surface area contributed by atoms with Crippen LogP contribution in [-0.4, -0.2) is 18.6 Å². The Bertz CT molecular complexity index is 490. The molecule has 0 fully saturated rings. The molecule has 1 rings (SSSR count). The number of carbonyl (C=O) groups is 1. The molecule has 0 aliphatic carbocycles. The maximum absolute atomic E-state index is 12.9. The lowest BCUT2D eigenvalue weighted by Crippen LogP contribution is -2.37. The van der Waals surface area contributed by atoms with Crippen molar-refractivity contribution >= 4 is 11.6 Å². The molecule has 0 bridgehead atoms. The molecule has 0 aliphatic heterocycles. The molecule has 0 spiro atoms. The minimum absolute atomic E-state index is 0.0188. The number of nitrogen functional groups attached to an aromatic ring is 1. The summed E-state index contributed by atoms with van der Waals surface area (Å²) in [4.78, 5) is 11.7. The minimum atomic E-state index is -4.59. The first-order valence-corrected chi connectivity index (χ1v) is 6.66. The highest BCUT2D eigenvalue weighted by atomic mass is 19.4. The number of nitrogens with one attached hydrogen (secondary N) is 1. The Kier molecular flexibility index (Phi) is 5.87. The Hall–Kier alpha value is -1.92. The summed E-state index contributed by atoms with van der Waals surface area (Å²) in [5.74, 6) is -0.858. The van der Waals surface area contributed by atoms with E-state index in [-0.39, 0.29) is 5.69 Å². The number of carbonyl (C=O) groups excluding carboxylic acids is 1. The number of hydrogen-bond donors (Lipinski definition) is 2. The average Bonchev–Trinajstić information content (AvgIpc) is 2.39. The molecule has 1 atom stereocenters. The predicted molar refractivity (Wildman–Crippen MR) is 73.9 cm³/mol. The van der Waals surface area contributed by atoms with Crippen LogP contribution in [0.1, 0.15) is 32.3 Å². The zero-order chi connectivity index (χ0) is 16.0. The number of halogens is 3. The molecular formula is C14H19F3N2O2. The number of alkyl halides is 3. The van der Waals surface area contributed by atoms with Gasteiger partial charge < -0.3 is 15.8 Å². The van der Waals surface area contributed by atoms with Gasteiger partial charge in [0.15, 0.2) is 6.10 Å². The second-order valence-electron chi connectivity index (χ2n) is 4.66. The molecule has 1 aromatic rings. The lowest BCUT2D eigenvalue weighted by molar-refractivity contribution is -0.140. The smallest absolute Gasteiger partial charge is 0.420 e. The number of amides is 1. The molecular weight excluding hydrogens is 285 g/mol. The predicted octanol–water partition coefficient (Wildman–Crippen LogP) is 2.97. The summed E-state index contributed by atoms with van der Waals surface area (Å²) >= 11 is 0. The summed E-state index contributed by atoms with van der Waals surface area (Å²) in [5.41, 5.74) is 4.35. The van der Waals surface area contributed by atoms with Gasteiger partial charge in [0.05, 0.1) is 5.56 Å². The topological polar surface area (TPSA) is 64.3 Å². The minimum Gasteiger partial charge on any atom is -0.480 e. The van der Waals surface area contributed by atoms with Gasteiger partial charge in [0.2, 0.25) is 0 Å². The van der Waals surface area contributed by atoms with Crippen LogP contribution in [0, 0.1) is 0 Å². The zero-order valence-corrected chi connectivity index (χ0v) is 12.0. The van der Waals surface area contributed by atoms with Crippen LogP contribution in [0.2, 0.25) is 0 Å². The second-order valence-corrected chi connectivity index (χ2v) is 4.66. The van der Waals surface area contributed by atoms with Gasteiger partial charge in [0.25, 0.3) is 5.91 Å². The lowest BCUT2D eigenvalue weighted by Gasteiger charge is -2.18. The first-order valence-electron chi connectivity index (χ1n) is 6.66. The maximum Gasteiger partial charge on any atom is 0.420 e. The van der Waals surface area contributed by atoms with Gasteiger partial charge in [0.1, 0.15) is 5.75 Å². The van der Waals surface area contributed by atoms with Crippen LogP contribution in [-0.2, 0) is 11.0 Å². The number of hydrogen-bond acceptors (Lipinski definition) is 3. The van der Waals surface area contributed by atoms with E-state index in [9.17, 15) is 18.0 Å². The number of benzene rings is 1. The molecule has 21 heavy (non-hydrogen) atoms. The lowest BCUT2D eigenvalue weighted by atomic mass is 10.1. The third kappa shape index (κ3) is 5.17. The van der Waals surface area contributed by atoms with Crippen molar-refractivity contribution in [3.05, 3.63) is 23.8 Å². The number of anilines is 1. The monoisotopic (exact) mass is 304 g/mol. The van der Waals surface area contributed by atoms with E-state index in [1.54, 1.807) is 0 Å². The van der Waals surface area contributed by atoms with Gasteiger partial charge in [-0.3, -0.25) is 4.79 Å². The van der Waals surface area contributed by atoms with E-state index in [0.717, 1.165) is 25.0 Å². The molecule has 0 saturated heterocycles. The fourth-order valence-corrected chi connectivity index (χ4v) is 1.65. The first kappa shape index (κ1) is 17.1. The third-order valence-electron chi connectivity index (χ3n) is 2.81. The van der Waals surface area contributed by atoms with Crippen molar-refractivity contribution in [1.29, 1.82) is 0 Å². The summed E-state index contributed by atoms with van der Waals surface area (Å²) in [6.45, 7) is 3.84. The van der Waals surface area contributed by atoms with Crippen molar-refractivity contribution in [3.63, 3.8) is 0 Å². The van der Waals surface area contributed by atoms with E-state index in [4.69, 9.17) is 10.5 Å². The number of ether oxygens (including phenoxy) is 1. The Morgan fingerprint density at radius 2 is 2.10 bits per heavy atom. The van der Waals surface area contributed by atoms with E-state index >= 15 is 0 Å². The average molecular weight is 304 g/mol. The quantitative estimate of drug-likeness (QED) is 0.627. The summed E-state index contributed by atoms with van der Waals surface area (Å²) < 4.78 is 43.8. The molecule has 118 valence electrons. The Morgan fingerprint density at radius 3 is 2.67 bits per heavy atom. The van der Waals surface area contributed by atoms with E-state index in [1.165, 1.54) is 13.0 Å². The third-order valence-corrected chi connectivity index (χ3v) is 2.81. The normalized spacial score (nSPS) is 12.8. The number of nitrogens with two attached hydrogens (primary N) is 1. The highest BCUT2D eigenvalue weighted by Crippen LogP contribution is 2.37. The van der Waals surface area contributed by atoms with E-state index in [2.05, 4.69) is 5.32 Å². The molecule has 0 heterocycles. The van der Waals surface area contributed by atoms with Gasteiger partial charge in [-0.05, 0) is 31.5 Å². The molecule has 0 aliphatic rings. The van der Waals surface area contributed by atoms with Crippen molar-refractivity contribution in [2.24, 2.45) is 0 Å². The molecule has 1 amide bonds. The fraction of sp³-hybridized carbons (Fsp3) is 0.500. The van der Waals surface area contributed by atoms with Gasteiger partial charge in [-0.25, -0.2) is 0 Å². The second kappa shape index (κ2) is 7.19. The van der Waals surface area contributed by atoms with Crippen LogP contribution in [0.15, 0.2) is 18.2 Å². The molecule has 0 radical (unpaired) electrons. The Morgan fingerprint density at radius 1 is 1.43 bits per heavy atom. The van der Waals surface area contributed by atoms with Crippen LogP contribution in [0.3, 0.4) is 0 Å². The molecule has 0 saturated carbocycles. The van der Waals surface area contributed by atoms with Gasteiger partial charge in [-0.1, -0.05) is 13.3 Å². The van der Waals surface area contributed by atoms with Crippen LogP contribution < -0.4 is 15.8 Å². The Balaban J connectivity index is 2.80. The van der Waals surface area contributed by atoms with Gasteiger partial charge in [-0.15, -0.1) is 0 Å². The highest BCUT2D eigenvalue weighted by molar-refractivity contribution is 5.80. The molecule has 3 N–H and O–H groups in total. The van der Waals surface area contributed by atoms with Crippen LogP contribution in [0.4, 0.5) is 18.9 Å². The van der Waals surface area contributed by atoms with Gasteiger partial charge in [-0.2, -0.15) is 13.2 Å². The van der Waals surface area contributed by atoms with E-state index in [0.29, 0.717) is 6.54 Å². The zero-order valence-electron chi connectivity index (χ0n) is 12.0. The first-order chi connectivity index (χ1) is 9.75. The fourth-order valence-electron chi connectivity index (χ4n) is 1.65. The van der Waals surface area contributed by atoms with Crippen LogP contribution in [0.5, 0.6) is 5.75 Å². The van der Waals surface area contributed by atoms with Crippen molar-refractivity contribution in [1.82, 2.24) is 5.32 Å². The summed E-state index contributed by atoms with van der Waals surface area (Å²) in [6, 6.07) is 3.21. The summed E-state index contributed by atoms with van der Waals surface area (Å²) in [6.07, 6.45) is -3.91. The largest absolute Gasteiger partial charge is 0.480 e. The molecule has 1 aromatic carbocycles. The molecule has 7 heteroatoms. The highest BCUT2D eigenvalue weighted by Gasteiger charge is 2.35. The molecule has 4 nitrogen and oxygen atoms in total. The van der Waals surface area contributed by atoms with E-state index in [1.807, 2.05) is 6.92 Å². The standard InChI is InChI=1S/C14H19F3N2O2/c1-3-4-7-19-13(20)9(2)21-12-6-5-10(18)8-11(12)14(15,16)17/h5-6,8-9H,3-4,7,18H2,1-2H3,(H,19,20). The molecule has 1 unspecified atom stereocenters. The van der Waals surface area contributed by atoms with Gasteiger partial charge >= 0.3 is 6.18 Å². The van der Waals surface area contributed by atoms with Crippen molar-refractivity contribution in [3.8, 4) is 5.75 Å². The summed E-state index contributed by atoms with van der Waals surface area (Å²) in [5, 5.41) is 2.60. The maximum atomic E-state index is 12.9. The number of unbranched alkanes of at least 4 members (excludes halogenated alkanes) is 1. The molecule has 0 aromatic heterocycles. The van der Waals surface area contributed by atoms with Gasteiger partial charge in [0, 0.05) is 12.2 Å². The SMILES string of the molecule is CCCCNC(=O)C(C)Oc1ccc(N)cc1C(F)(F)F. The van der Waals surface area contributed by atoms with Crippen LogP contribution >= 0.6 is 0 Å². The Labute approximate surface area is 121 Å².